The average molecular weight is 227 g/mol. The number of hydrogen-bond acceptors (Lipinski definition) is 2. The lowest BCUT2D eigenvalue weighted by Crippen LogP contribution is -2.49. The summed E-state index contributed by atoms with van der Waals surface area (Å²) in [4.78, 5) is 23.0. The Labute approximate surface area is 96.4 Å². The minimum atomic E-state index is -0.954. The third-order valence-electron chi connectivity index (χ3n) is 3.47. The predicted molar refractivity (Wildman–Crippen MR) is 61.0 cm³/mol. The van der Waals surface area contributed by atoms with Crippen molar-refractivity contribution in [2.75, 3.05) is 0 Å². The molecule has 2 N–H and O–H groups in total. The number of carboxylic acids is 1. The number of amides is 1. The molecule has 1 aliphatic carbocycles. The molecule has 0 aromatic heterocycles. The Bertz CT molecular complexity index is 280. The Kier molecular flexibility index (Phi) is 3.94. The molecule has 0 aliphatic heterocycles. The molecule has 1 rings (SSSR count). The van der Waals surface area contributed by atoms with Crippen LogP contribution in [0, 0.1) is 11.3 Å². The minimum absolute atomic E-state index is 0.0912. The van der Waals surface area contributed by atoms with Gasteiger partial charge in [-0.3, -0.25) is 4.79 Å². The third kappa shape index (κ3) is 2.74. The van der Waals surface area contributed by atoms with Crippen molar-refractivity contribution in [3.05, 3.63) is 0 Å². The van der Waals surface area contributed by atoms with E-state index in [4.69, 9.17) is 5.11 Å². The Morgan fingerprint density at radius 3 is 2.12 bits per heavy atom. The lowest BCUT2D eigenvalue weighted by molar-refractivity contribution is -0.144. The van der Waals surface area contributed by atoms with E-state index in [1.807, 2.05) is 6.92 Å². The van der Waals surface area contributed by atoms with Crippen molar-refractivity contribution < 1.29 is 14.7 Å². The molecule has 4 nitrogen and oxygen atoms in total. The summed E-state index contributed by atoms with van der Waals surface area (Å²) in [6.07, 6.45) is 3.85. The SMILES string of the molecule is CC(C)[C@H](NC(=O)C1(C)CCCC1)C(=O)O. The monoisotopic (exact) mass is 227 g/mol. The normalized spacial score (nSPS) is 20.8. The number of hydrogen-bond donors (Lipinski definition) is 2. The lowest BCUT2D eigenvalue weighted by atomic mass is 9.87. The maximum atomic E-state index is 12.0. The molecule has 0 radical (unpaired) electrons. The van der Waals surface area contributed by atoms with E-state index in [0.29, 0.717) is 0 Å². The van der Waals surface area contributed by atoms with Crippen LogP contribution in [0.3, 0.4) is 0 Å². The number of carbonyl (C=O) groups is 2. The van der Waals surface area contributed by atoms with Gasteiger partial charge in [0.2, 0.25) is 5.91 Å². The summed E-state index contributed by atoms with van der Waals surface area (Å²) in [5.41, 5.74) is -0.359. The fourth-order valence-electron chi connectivity index (χ4n) is 2.21. The van der Waals surface area contributed by atoms with Crippen LogP contribution in [0.5, 0.6) is 0 Å². The molecule has 1 aliphatic rings. The molecule has 0 unspecified atom stereocenters. The van der Waals surface area contributed by atoms with Gasteiger partial charge in [-0.1, -0.05) is 33.6 Å². The van der Waals surface area contributed by atoms with E-state index in [1.54, 1.807) is 13.8 Å². The summed E-state index contributed by atoms with van der Waals surface area (Å²) >= 11 is 0. The van der Waals surface area contributed by atoms with Gasteiger partial charge in [0, 0.05) is 5.41 Å². The first-order valence-electron chi connectivity index (χ1n) is 5.90. The third-order valence-corrected chi connectivity index (χ3v) is 3.47. The largest absolute Gasteiger partial charge is 0.480 e. The van der Waals surface area contributed by atoms with Crippen molar-refractivity contribution in [2.45, 2.75) is 52.5 Å². The molecule has 1 saturated carbocycles. The van der Waals surface area contributed by atoms with Crippen molar-refractivity contribution >= 4 is 11.9 Å². The average Bonchev–Trinajstić information content (AvgIpc) is 2.61. The molecule has 0 saturated heterocycles. The first-order valence-corrected chi connectivity index (χ1v) is 5.90. The summed E-state index contributed by atoms with van der Waals surface area (Å²) in [6, 6.07) is -0.773. The molecule has 0 aromatic carbocycles. The zero-order valence-corrected chi connectivity index (χ0v) is 10.2. The van der Waals surface area contributed by atoms with Gasteiger partial charge in [0.25, 0.3) is 0 Å². The van der Waals surface area contributed by atoms with Gasteiger partial charge in [0.05, 0.1) is 0 Å². The molecule has 0 heterocycles. The smallest absolute Gasteiger partial charge is 0.326 e. The molecular formula is C12H21NO3. The Balaban J connectivity index is 2.65. The van der Waals surface area contributed by atoms with Crippen molar-refractivity contribution in [2.24, 2.45) is 11.3 Å². The molecule has 1 amide bonds. The van der Waals surface area contributed by atoms with Crippen molar-refractivity contribution in [3.8, 4) is 0 Å². The summed E-state index contributed by atoms with van der Waals surface area (Å²) in [7, 11) is 0. The predicted octanol–water partition coefficient (Wildman–Crippen LogP) is 1.79. The van der Waals surface area contributed by atoms with Crippen LogP contribution in [0.4, 0.5) is 0 Å². The summed E-state index contributed by atoms with van der Waals surface area (Å²) < 4.78 is 0. The van der Waals surface area contributed by atoms with Gasteiger partial charge >= 0.3 is 5.97 Å². The van der Waals surface area contributed by atoms with Gasteiger partial charge in [-0.2, -0.15) is 0 Å². The van der Waals surface area contributed by atoms with Gasteiger partial charge < -0.3 is 10.4 Å². The summed E-state index contributed by atoms with van der Waals surface area (Å²) in [5.74, 6) is -1.15. The van der Waals surface area contributed by atoms with E-state index in [-0.39, 0.29) is 17.2 Å². The molecule has 16 heavy (non-hydrogen) atoms. The first kappa shape index (κ1) is 13.0. The second-order valence-electron chi connectivity index (χ2n) is 5.30. The van der Waals surface area contributed by atoms with E-state index < -0.39 is 12.0 Å². The first-order chi connectivity index (χ1) is 7.37. The maximum absolute atomic E-state index is 12.0. The van der Waals surface area contributed by atoms with Crippen LogP contribution in [0.2, 0.25) is 0 Å². The summed E-state index contributed by atoms with van der Waals surface area (Å²) in [6.45, 7) is 5.53. The molecular weight excluding hydrogens is 206 g/mol. The highest BCUT2D eigenvalue weighted by atomic mass is 16.4. The molecule has 92 valence electrons. The zero-order chi connectivity index (χ0) is 12.3. The maximum Gasteiger partial charge on any atom is 0.326 e. The Hall–Kier alpha value is -1.06. The molecule has 4 heteroatoms. The fourth-order valence-corrected chi connectivity index (χ4v) is 2.21. The lowest BCUT2D eigenvalue weighted by Gasteiger charge is -2.26. The van der Waals surface area contributed by atoms with Crippen LogP contribution in [0.15, 0.2) is 0 Å². The number of carboxylic acid groups (broad SMARTS) is 1. The van der Waals surface area contributed by atoms with E-state index >= 15 is 0 Å². The quantitative estimate of drug-likeness (QED) is 0.769. The number of aliphatic carboxylic acids is 1. The van der Waals surface area contributed by atoms with Crippen molar-refractivity contribution in [1.82, 2.24) is 5.32 Å². The van der Waals surface area contributed by atoms with Crippen molar-refractivity contribution in [3.63, 3.8) is 0 Å². The number of rotatable bonds is 4. The standard InChI is InChI=1S/C12H21NO3/c1-8(2)9(10(14)15)13-11(16)12(3)6-4-5-7-12/h8-9H,4-7H2,1-3H3,(H,13,16)(H,14,15)/t9-/m0/s1. The summed E-state index contributed by atoms with van der Waals surface area (Å²) in [5, 5.41) is 11.7. The molecule has 0 spiro atoms. The second kappa shape index (κ2) is 4.85. The highest BCUT2D eigenvalue weighted by Gasteiger charge is 2.38. The molecule has 1 atom stereocenters. The highest BCUT2D eigenvalue weighted by Crippen LogP contribution is 2.37. The topological polar surface area (TPSA) is 66.4 Å². The van der Waals surface area contributed by atoms with Gasteiger partial charge in [0.1, 0.15) is 6.04 Å². The van der Waals surface area contributed by atoms with Gasteiger partial charge in [-0.05, 0) is 18.8 Å². The van der Waals surface area contributed by atoms with Crippen molar-refractivity contribution in [1.29, 1.82) is 0 Å². The van der Waals surface area contributed by atoms with Crippen LogP contribution in [0.1, 0.15) is 46.5 Å². The zero-order valence-electron chi connectivity index (χ0n) is 10.2. The van der Waals surface area contributed by atoms with Gasteiger partial charge in [-0.15, -0.1) is 0 Å². The molecule has 1 fully saturated rings. The fraction of sp³-hybridized carbons (Fsp3) is 0.833. The van der Waals surface area contributed by atoms with E-state index in [1.165, 1.54) is 0 Å². The van der Waals surface area contributed by atoms with Crippen LogP contribution in [-0.2, 0) is 9.59 Å². The highest BCUT2D eigenvalue weighted by molar-refractivity contribution is 5.87. The number of carbonyl (C=O) groups excluding carboxylic acids is 1. The van der Waals surface area contributed by atoms with Crippen LogP contribution in [0.25, 0.3) is 0 Å². The van der Waals surface area contributed by atoms with Gasteiger partial charge in [-0.25, -0.2) is 4.79 Å². The van der Waals surface area contributed by atoms with Gasteiger partial charge in [0.15, 0.2) is 0 Å². The van der Waals surface area contributed by atoms with E-state index in [2.05, 4.69) is 5.32 Å². The number of nitrogens with one attached hydrogen (secondary N) is 1. The molecule has 0 bridgehead atoms. The van der Waals surface area contributed by atoms with E-state index in [0.717, 1.165) is 25.7 Å². The van der Waals surface area contributed by atoms with E-state index in [9.17, 15) is 9.59 Å². The Morgan fingerprint density at radius 1 is 1.25 bits per heavy atom. The van der Waals surface area contributed by atoms with Crippen LogP contribution < -0.4 is 5.32 Å². The van der Waals surface area contributed by atoms with Crippen LogP contribution in [-0.4, -0.2) is 23.0 Å². The minimum Gasteiger partial charge on any atom is -0.480 e. The Morgan fingerprint density at radius 2 is 1.75 bits per heavy atom. The van der Waals surface area contributed by atoms with Crippen LogP contribution >= 0.6 is 0 Å². The second-order valence-corrected chi connectivity index (χ2v) is 5.30. The molecule has 0 aromatic rings.